The Balaban J connectivity index is 1.28. The van der Waals surface area contributed by atoms with Crippen LogP contribution in [0, 0.1) is 15.5 Å². The maximum atomic E-state index is 14.0. The van der Waals surface area contributed by atoms with Crippen molar-refractivity contribution in [2.75, 3.05) is 17.2 Å². The molecule has 0 aliphatic carbocycles. The monoisotopic (exact) mass is 897 g/mol. The molecule has 0 bridgehead atoms. The van der Waals surface area contributed by atoms with Crippen molar-refractivity contribution in [2.45, 2.75) is 116 Å². The molecule has 334 valence electrons. The van der Waals surface area contributed by atoms with Gasteiger partial charge in [-0.25, -0.2) is 0 Å². The Morgan fingerprint density at radius 2 is 1.57 bits per heavy atom. The van der Waals surface area contributed by atoms with Gasteiger partial charge in [-0.1, -0.05) is 116 Å². The minimum absolute atomic E-state index is 0.0322. The number of nitro groups is 1. The average molecular weight is 899 g/mol. The molecule has 0 aliphatic heterocycles. The van der Waals surface area contributed by atoms with E-state index in [1.54, 1.807) is 26.8 Å². The molecule has 0 aliphatic rings. The zero-order valence-corrected chi connectivity index (χ0v) is 38.9. The van der Waals surface area contributed by atoms with Gasteiger partial charge in [0.2, 0.25) is 17.2 Å². The first-order chi connectivity index (χ1) is 29.7. The largest absolute Gasteiger partial charge is 0.493 e. The quantitative estimate of drug-likeness (QED) is 0.0249. The molecular formula is C47H56ClN7O7S. The van der Waals surface area contributed by atoms with Crippen molar-refractivity contribution in [1.82, 2.24) is 20.2 Å². The molecule has 0 saturated carbocycles. The van der Waals surface area contributed by atoms with Crippen molar-refractivity contribution >= 4 is 58.0 Å². The lowest BCUT2D eigenvalue weighted by atomic mass is 9.76. The predicted molar refractivity (Wildman–Crippen MR) is 247 cm³/mol. The van der Waals surface area contributed by atoms with Gasteiger partial charge in [0.05, 0.1) is 27.9 Å². The lowest BCUT2D eigenvalue weighted by Crippen LogP contribution is -2.45. The third-order valence-electron chi connectivity index (χ3n) is 11.1. The van der Waals surface area contributed by atoms with Crippen LogP contribution in [0.25, 0.3) is 5.69 Å². The Kier molecular flexibility index (Phi) is 15.8. The fourth-order valence-electron chi connectivity index (χ4n) is 6.33. The lowest BCUT2D eigenvalue weighted by molar-refractivity contribution is -0.384. The predicted octanol–water partition coefficient (Wildman–Crippen LogP) is 10.7. The summed E-state index contributed by atoms with van der Waals surface area (Å²) in [6.07, 6.45) is 0.876. The Morgan fingerprint density at radius 3 is 2.24 bits per heavy atom. The van der Waals surface area contributed by atoms with Crippen molar-refractivity contribution in [3.05, 3.63) is 117 Å². The first kappa shape index (κ1) is 48.2. The van der Waals surface area contributed by atoms with Crippen LogP contribution in [-0.4, -0.2) is 55.4 Å². The lowest BCUT2D eigenvalue weighted by Gasteiger charge is -2.30. The van der Waals surface area contributed by atoms with Crippen molar-refractivity contribution in [3.63, 3.8) is 0 Å². The van der Waals surface area contributed by atoms with Gasteiger partial charge >= 0.3 is 0 Å². The molecule has 2 N–H and O–H groups in total. The molecule has 4 aromatic carbocycles. The molecule has 1 heterocycles. The van der Waals surface area contributed by atoms with Crippen LogP contribution >= 0.6 is 23.4 Å². The van der Waals surface area contributed by atoms with Crippen LogP contribution in [-0.2, 0) is 31.0 Å². The number of nitrogens with zero attached hydrogens (tertiary/aromatic N) is 5. The summed E-state index contributed by atoms with van der Waals surface area (Å²) in [5.74, 6) is -0.682. The molecule has 1 aromatic heterocycles. The number of benzene rings is 4. The zero-order valence-electron chi connectivity index (χ0n) is 37.3. The van der Waals surface area contributed by atoms with E-state index in [2.05, 4.69) is 79.8 Å². The summed E-state index contributed by atoms with van der Waals surface area (Å²) in [4.78, 5) is 52.3. The number of hydrogen-bond acceptors (Lipinski definition) is 11. The van der Waals surface area contributed by atoms with E-state index < -0.39 is 28.1 Å². The van der Waals surface area contributed by atoms with Crippen LogP contribution in [0.4, 0.5) is 17.1 Å². The highest BCUT2D eigenvalue weighted by molar-refractivity contribution is 7.98. The second-order valence-electron chi connectivity index (χ2n) is 17.5. The minimum atomic E-state index is -1.70. The van der Waals surface area contributed by atoms with Gasteiger partial charge in [-0.2, -0.15) is 4.68 Å². The molecule has 5 rings (SSSR count). The van der Waals surface area contributed by atoms with E-state index >= 15 is 0 Å². The number of ether oxygens (including phenoxy) is 2. The fourth-order valence-corrected chi connectivity index (χ4v) is 7.37. The number of rotatable bonds is 20. The Hall–Kier alpha value is -5.80. The number of nitrogens with one attached hydrogen (secondary N) is 2. The summed E-state index contributed by atoms with van der Waals surface area (Å²) in [5, 5.41) is 29.9. The summed E-state index contributed by atoms with van der Waals surface area (Å²) in [6.45, 7) is 18.5. The normalized spacial score (nSPS) is 12.3. The number of halogens is 1. The second-order valence-corrected chi connectivity index (χ2v) is 18.9. The maximum absolute atomic E-state index is 14.0. The third kappa shape index (κ3) is 12.4. The van der Waals surface area contributed by atoms with E-state index in [0.29, 0.717) is 35.1 Å². The van der Waals surface area contributed by atoms with Crippen molar-refractivity contribution < 1.29 is 28.8 Å². The third-order valence-corrected chi connectivity index (χ3v) is 12.4. The first-order valence-corrected chi connectivity index (χ1v) is 22.2. The van der Waals surface area contributed by atoms with Gasteiger partial charge in [-0.05, 0) is 88.5 Å². The Morgan fingerprint density at radius 1 is 0.873 bits per heavy atom. The Bertz CT molecular complexity index is 2430. The number of ketones is 1. The van der Waals surface area contributed by atoms with E-state index in [1.165, 1.54) is 52.3 Å². The summed E-state index contributed by atoms with van der Waals surface area (Å²) in [6, 6.07) is 24.1. The van der Waals surface area contributed by atoms with Crippen molar-refractivity contribution in [2.24, 2.45) is 5.41 Å². The molecule has 0 radical (unpaired) electrons. The standard InChI is InChI=1S/C47H56ClN7O7S/c1-10-46(6,7)31-19-23-39(35(27-31)47(8,9)11-2)61-25-15-18-40(56)49-32-20-22-36(48)37(28-32)50-43(58)41(42(57)45(3,4)5)62-38-24-21-34(55(59)60)26-30(38)29-63-44-51-52-53-54(44)33-16-13-12-14-17-33/h12-14,16-17,19-24,26-28,41H,10-11,15,18,25,29H2,1-9H3,(H,49,56)(H,50,58)/t41-/m1/s1. The number of nitro benzene ring substituents is 1. The molecular weight excluding hydrogens is 842 g/mol. The van der Waals surface area contributed by atoms with Gasteiger partial charge in [0.25, 0.3) is 11.6 Å². The molecule has 0 unspecified atom stereocenters. The van der Waals surface area contributed by atoms with Gasteiger partial charge in [0.15, 0.2) is 5.78 Å². The number of anilines is 2. The van der Waals surface area contributed by atoms with Gasteiger partial charge in [0, 0.05) is 46.5 Å². The Labute approximate surface area is 378 Å². The molecule has 14 nitrogen and oxygen atoms in total. The van der Waals surface area contributed by atoms with E-state index in [4.69, 9.17) is 21.1 Å². The van der Waals surface area contributed by atoms with Gasteiger partial charge in [-0.15, -0.1) is 5.10 Å². The molecule has 0 saturated heterocycles. The summed E-state index contributed by atoms with van der Waals surface area (Å²) in [5.41, 5.74) is 2.62. The average Bonchev–Trinajstić information content (AvgIpc) is 3.73. The molecule has 2 amide bonds. The highest BCUT2D eigenvalue weighted by Crippen LogP contribution is 2.39. The van der Waals surface area contributed by atoms with E-state index in [1.807, 2.05) is 36.4 Å². The molecule has 63 heavy (non-hydrogen) atoms. The highest BCUT2D eigenvalue weighted by atomic mass is 35.5. The van der Waals surface area contributed by atoms with Crippen LogP contribution < -0.4 is 20.1 Å². The van der Waals surface area contributed by atoms with E-state index in [9.17, 15) is 24.5 Å². The van der Waals surface area contributed by atoms with Crippen LogP contribution in [0.5, 0.6) is 11.5 Å². The highest BCUT2D eigenvalue weighted by Gasteiger charge is 2.38. The topological polar surface area (TPSA) is 180 Å². The van der Waals surface area contributed by atoms with Crippen molar-refractivity contribution in [1.29, 1.82) is 0 Å². The number of carbonyl (C=O) groups is 3. The number of non-ortho nitro benzene ring substituents is 1. The summed E-state index contributed by atoms with van der Waals surface area (Å²) < 4.78 is 14.0. The molecule has 5 aromatic rings. The maximum Gasteiger partial charge on any atom is 0.273 e. The van der Waals surface area contributed by atoms with Crippen LogP contribution in [0.2, 0.25) is 5.02 Å². The number of amides is 2. The second kappa shape index (κ2) is 20.6. The fraction of sp³-hybridized carbons (Fsp3) is 0.404. The molecule has 16 heteroatoms. The summed E-state index contributed by atoms with van der Waals surface area (Å²) >= 11 is 7.72. The van der Waals surface area contributed by atoms with E-state index in [0.717, 1.165) is 24.2 Å². The number of Topliss-reactive ketones (excluding diaryl/α,β-unsaturated/α-hetero) is 1. The zero-order chi connectivity index (χ0) is 46.1. The van der Waals surface area contributed by atoms with Gasteiger partial charge < -0.3 is 20.1 Å². The number of aromatic nitrogens is 4. The smallest absolute Gasteiger partial charge is 0.273 e. The number of hydrogen-bond donors (Lipinski definition) is 2. The van der Waals surface area contributed by atoms with Gasteiger partial charge in [-0.3, -0.25) is 24.5 Å². The van der Waals surface area contributed by atoms with E-state index in [-0.39, 0.29) is 51.1 Å². The number of para-hydroxylation sites is 1. The first-order valence-electron chi connectivity index (χ1n) is 20.9. The minimum Gasteiger partial charge on any atom is -0.493 e. The SMILES string of the molecule is CCC(C)(C)c1ccc(OCCCC(=O)Nc2ccc(Cl)c(NC(=O)[C@H](Oc3ccc([N+](=O)[O-])cc3CSc3nnnn3-c3ccccc3)C(=O)C(C)(C)C)c2)c(C(C)(C)CC)c1. The number of carbonyl (C=O) groups excluding carboxylic acids is 3. The van der Waals surface area contributed by atoms with Crippen LogP contribution in [0.15, 0.2) is 90.1 Å². The van der Waals surface area contributed by atoms with Crippen LogP contribution in [0.3, 0.4) is 0 Å². The molecule has 0 spiro atoms. The van der Waals surface area contributed by atoms with Crippen LogP contribution in [0.1, 0.15) is 105 Å². The number of tetrazole rings is 1. The van der Waals surface area contributed by atoms with Crippen molar-refractivity contribution in [3.8, 4) is 17.2 Å². The number of thioether (sulfide) groups is 1. The molecule has 0 fully saturated rings. The van der Waals surface area contributed by atoms with Gasteiger partial charge in [0.1, 0.15) is 11.5 Å². The summed E-state index contributed by atoms with van der Waals surface area (Å²) in [7, 11) is 0. The molecule has 1 atom stereocenters.